The number of carboxylic acid groups (broad SMARTS) is 1. The van der Waals surface area contributed by atoms with Gasteiger partial charge in [-0.1, -0.05) is 32.0 Å². The van der Waals surface area contributed by atoms with Crippen LogP contribution in [0.4, 0.5) is 0 Å². The van der Waals surface area contributed by atoms with Crippen molar-refractivity contribution in [2.75, 3.05) is 19.8 Å². The first kappa shape index (κ1) is 16.4. The average Bonchev–Trinajstić information content (AvgIpc) is 2.40. The van der Waals surface area contributed by atoms with E-state index >= 15 is 0 Å². The fourth-order valence-corrected chi connectivity index (χ4v) is 1.58. The van der Waals surface area contributed by atoms with Crippen molar-refractivity contribution in [2.45, 2.75) is 20.5 Å². The van der Waals surface area contributed by atoms with E-state index in [9.17, 15) is 4.79 Å². The van der Waals surface area contributed by atoms with Crippen LogP contribution in [-0.2, 0) is 20.9 Å². The van der Waals surface area contributed by atoms with Crippen LogP contribution in [0.25, 0.3) is 6.08 Å². The van der Waals surface area contributed by atoms with Crippen molar-refractivity contribution in [3.05, 3.63) is 41.5 Å². The van der Waals surface area contributed by atoms with E-state index in [1.165, 1.54) is 0 Å². The maximum Gasteiger partial charge on any atom is 0.328 e. The molecule has 0 saturated carbocycles. The van der Waals surface area contributed by atoms with Crippen molar-refractivity contribution in [1.82, 2.24) is 0 Å². The zero-order valence-corrected chi connectivity index (χ0v) is 12.0. The molecule has 4 heteroatoms. The topological polar surface area (TPSA) is 55.8 Å². The van der Waals surface area contributed by atoms with Crippen LogP contribution < -0.4 is 0 Å². The fourth-order valence-electron chi connectivity index (χ4n) is 1.58. The van der Waals surface area contributed by atoms with Crippen molar-refractivity contribution in [2.24, 2.45) is 5.92 Å². The highest BCUT2D eigenvalue weighted by atomic mass is 16.5. The molecule has 0 amide bonds. The minimum absolute atomic E-state index is 0.500. The lowest BCUT2D eigenvalue weighted by Crippen LogP contribution is -2.08. The minimum atomic E-state index is -0.950. The Morgan fingerprint density at radius 3 is 2.75 bits per heavy atom. The number of benzene rings is 1. The predicted octanol–water partition coefficient (Wildman–Crippen LogP) is 2.97. The quantitative estimate of drug-likeness (QED) is 0.557. The molecule has 0 unspecified atom stereocenters. The number of hydrogen-bond acceptors (Lipinski definition) is 3. The highest BCUT2D eigenvalue weighted by molar-refractivity contribution is 5.85. The summed E-state index contributed by atoms with van der Waals surface area (Å²) in [6, 6.07) is 7.60. The Hall–Kier alpha value is -1.65. The molecule has 0 aromatic heterocycles. The predicted molar refractivity (Wildman–Crippen MR) is 78.4 cm³/mol. The molecule has 0 aliphatic rings. The number of ether oxygens (including phenoxy) is 2. The minimum Gasteiger partial charge on any atom is -0.478 e. The second-order valence-electron chi connectivity index (χ2n) is 4.94. The van der Waals surface area contributed by atoms with Crippen LogP contribution in [-0.4, -0.2) is 30.9 Å². The number of carboxylic acids is 1. The van der Waals surface area contributed by atoms with Crippen molar-refractivity contribution in [3.63, 3.8) is 0 Å². The van der Waals surface area contributed by atoms with Crippen molar-refractivity contribution in [3.8, 4) is 0 Å². The number of rotatable bonds is 9. The number of hydrogen-bond donors (Lipinski definition) is 1. The highest BCUT2D eigenvalue weighted by Crippen LogP contribution is 2.08. The summed E-state index contributed by atoms with van der Waals surface area (Å²) in [4.78, 5) is 10.5. The maximum absolute atomic E-state index is 10.5. The van der Waals surface area contributed by atoms with Crippen molar-refractivity contribution in [1.29, 1.82) is 0 Å². The van der Waals surface area contributed by atoms with E-state index in [-0.39, 0.29) is 0 Å². The Morgan fingerprint density at radius 2 is 2.05 bits per heavy atom. The first-order valence-electron chi connectivity index (χ1n) is 6.73. The summed E-state index contributed by atoms with van der Waals surface area (Å²) < 4.78 is 10.9. The molecule has 20 heavy (non-hydrogen) atoms. The molecule has 1 aromatic carbocycles. The van der Waals surface area contributed by atoms with Crippen molar-refractivity contribution < 1.29 is 19.4 Å². The van der Waals surface area contributed by atoms with Gasteiger partial charge in [-0.3, -0.25) is 0 Å². The van der Waals surface area contributed by atoms with Gasteiger partial charge in [-0.25, -0.2) is 4.79 Å². The van der Waals surface area contributed by atoms with Crippen LogP contribution in [0, 0.1) is 5.92 Å². The van der Waals surface area contributed by atoms with Crippen LogP contribution in [0.3, 0.4) is 0 Å². The largest absolute Gasteiger partial charge is 0.478 e. The Balaban J connectivity index is 2.30. The van der Waals surface area contributed by atoms with E-state index in [0.717, 1.165) is 23.8 Å². The first-order valence-corrected chi connectivity index (χ1v) is 6.73. The van der Waals surface area contributed by atoms with Gasteiger partial charge >= 0.3 is 5.97 Å². The lowest BCUT2D eigenvalue weighted by molar-refractivity contribution is -0.131. The molecule has 0 atom stereocenters. The SMILES string of the molecule is CC(C)COCCOCc1cccc(/C=C/C(=O)O)c1. The van der Waals surface area contributed by atoms with Crippen LogP contribution in [0.5, 0.6) is 0 Å². The Morgan fingerprint density at radius 1 is 1.30 bits per heavy atom. The van der Waals surface area contributed by atoms with E-state index in [0.29, 0.717) is 25.7 Å². The summed E-state index contributed by atoms with van der Waals surface area (Å²) in [7, 11) is 0. The fraction of sp³-hybridized carbons (Fsp3) is 0.438. The van der Waals surface area contributed by atoms with Crippen LogP contribution in [0.2, 0.25) is 0 Å². The number of carbonyl (C=O) groups is 1. The van der Waals surface area contributed by atoms with Gasteiger partial charge in [0.05, 0.1) is 19.8 Å². The van der Waals surface area contributed by atoms with E-state index in [4.69, 9.17) is 14.6 Å². The van der Waals surface area contributed by atoms with E-state index in [2.05, 4.69) is 13.8 Å². The summed E-state index contributed by atoms with van der Waals surface area (Å²) >= 11 is 0. The Bertz CT molecular complexity index is 438. The van der Waals surface area contributed by atoms with Gasteiger partial charge in [0.15, 0.2) is 0 Å². The van der Waals surface area contributed by atoms with Gasteiger partial charge in [0.1, 0.15) is 0 Å². The maximum atomic E-state index is 10.5. The Kier molecular flexibility index (Phi) is 7.62. The molecule has 110 valence electrons. The summed E-state index contributed by atoms with van der Waals surface area (Å²) in [5.41, 5.74) is 1.87. The van der Waals surface area contributed by atoms with Crippen LogP contribution >= 0.6 is 0 Å². The molecule has 0 fully saturated rings. The molecular formula is C16H22O4. The van der Waals surface area contributed by atoms with Gasteiger partial charge in [-0.2, -0.15) is 0 Å². The third-order valence-electron chi connectivity index (χ3n) is 2.46. The van der Waals surface area contributed by atoms with Gasteiger partial charge < -0.3 is 14.6 Å². The van der Waals surface area contributed by atoms with Gasteiger partial charge in [0.25, 0.3) is 0 Å². The summed E-state index contributed by atoms with van der Waals surface area (Å²) in [5.74, 6) is -0.415. The smallest absolute Gasteiger partial charge is 0.328 e. The first-order chi connectivity index (χ1) is 9.58. The average molecular weight is 278 g/mol. The molecule has 0 aliphatic heterocycles. The lowest BCUT2D eigenvalue weighted by atomic mass is 10.1. The molecule has 1 N–H and O–H groups in total. The van der Waals surface area contributed by atoms with E-state index < -0.39 is 5.97 Å². The van der Waals surface area contributed by atoms with Gasteiger partial charge in [0, 0.05) is 12.7 Å². The highest BCUT2D eigenvalue weighted by Gasteiger charge is 1.97. The zero-order chi connectivity index (χ0) is 14.8. The number of aliphatic carboxylic acids is 1. The molecule has 1 aromatic rings. The molecule has 0 heterocycles. The molecule has 0 bridgehead atoms. The molecule has 0 saturated heterocycles. The second-order valence-corrected chi connectivity index (χ2v) is 4.94. The van der Waals surface area contributed by atoms with Gasteiger partial charge in [0.2, 0.25) is 0 Å². The standard InChI is InChI=1S/C16H22O4/c1-13(2)11-19-8-9-20-12-15-5-3-4-14(10-15)6-7-16(17)18/h3-7,10,13H,8-9,11-12H2,1-2H3,(H,17,18)/b7-6+. The molecule has 0 spiro atoms. The van der Waals surface area contributed by atoms with Gasteiger partial charge in [-0.05, 0) is 29.2 Å². The monoisotopic (exact) mass is 278 g/mol. The third-order valence-corrected chi connectivity index (χ3v) is 2.46. The molecular weight excluding hydrogens is 256 g/mol. The Labute approximate surface area is 120 Å². The molecule has 4 nitrogen and oxygen atoms in total. The summed E-state index contributed by atoms with van der Waals surface area (Å²) in [6.45, 7) is 6.62. The third kappa shape index (κ3) is 7.71. The summed E-state index contributed by atoms with van der Waals surface area (Å²) in [5, 5.41) is 8.58. The second kappa shape index (κ2) is 9.28. The van der Waals surface area contributed by atoms with Crippen LogP contribution in [0.1, 0.15) is 25.0 Å². The van der Waals surface area contributed by atoms with Crippen molar-refractivity contribution >= 4 is 12.0 Å². The molecule has 0 radical (unpaired) electrons. The molecule has 1 rings (SSSR count). The lowest BCUT2D eigenvalue weighted by Gasteiger charge is -2.08. The molecule has 0 aliphatic carbocycles. The van der Waals surface area contributed by atoms with E-state index in [1.54, 1.807) is 6.08 Å². The van der Waals surface area contributed by atoms with Crippen LogP contribution in [0.15, 0.2) is 30.3 Å². The van der Waals surface area contributed by atoms with E-state index in [1.807, 2.05) is 24.3 Å². The zero-order valence-electron chi connectivity index (χ0n) is 12.0. The van der Waals surface area contributed by atoms with Gasteiger partial charge in [-0.15, -0.1) is 0 Å². The normalized spacial score (nSPS) is 11.3. The summed E-state index contributed by atoms with van der Waals surface area (Å²) in [6.07, 6.45) is 2.69.